The molecule has 0 aromatic rings. The molecule has 0 saturated carbocycles. The summed E-state index contributed by atoms with van der Waals surface area (Å²) in [5, 5.41) is 0. The molecule has 0 aliphatic heterocycles. The second-order valence-corrected chi connectivity index (χ2v) is 5.68. The molecule has 2 nitrogen and oxygen atoms in total. The third-order valence-electron chi connectivity index (χ3n) is 3.84. The first-order valence-corrected chi connectivity index (χ1v) is 6.28. The second-order valence-electron chi connectivity index (χ2n) is 5.68. The van der Waals surface area contributed by atoms with E-state index in [2.05, 4.69) is 13.2 Å². The Morgan fingerprint density at radius 1 is 1.33 bits per heavy atom. The van der Waals surface area contributed by atoms with Crippen molar-refractivity contribution in [3.63, 3.8) is 0 Å². The molecule has 0 spiro atoms. The Bertz CT molecular complexity index is 430. The summed E-state index contributed by atoms with van der Waals surface area (Å²) in [4.78, 5) is 24.2. The molecule has 18 heavy (non-hydrogen) atoms. The van der Waals surface area contributed by atoms with Gasteiger partial charge in [-0.1, -0.05) is 25.2 Å². The molecule has 0 N–H and O–H groups in total. The van der Waals surface area contributed by atoms with Crippen LogP contribution in [0.5, 0.6) is 0 Å². The van der Waals surface area contributed by atoms with Crippen LogP contribution in [0, 0.1) is 10.8 Å². The Morgan fingerprint density at radius 2 is 1.89 bits per heavy atom. The largest absolute Gasteiger partial charge is 0.299 e. The number of Topliss-reactive ketones (excluding diaryl/α,β-unsaturated/α-hetero) is 2. The summed E-state index contributed by atoms with van der Waals surface area (Å²) in [5.41, 5.74) is -0.222. The van der Waals surface area contributed by atoms with E-state index in [1.165, 1.54) is 0 Å². The van der Waals surface area contributed by atoms with Crippen molar-refractivity contribution in [1.29, 1.82) is 0 Å². The maximum atomic E-state index is 12.3. The molecule has 1 rings (SSSR count). The Kier molecular flexibility index (Phi) is 4.10. The van der Waals surface area contributed by atoms with Crippen molar-refractivity contribution in [2.75, 3.05) is 0 Å². The van der Waals surface area contributed by atoms with Crippen LogP contribution in [-0.2, 0) is 9.59 Å². The smallest absolute Gasteiger partial charge is 0.156 e. The Hall–Kier alpha value is -1.44. The van der Waals surface area contributed by atoms with E-state index in [-0.39, 0.29) is 11.6 Å². The van der Waals surface area contributed by atoms with Crippen molar-refractivity contribution in [3.05, 3.63) is 37.0 Å². The molecule has 0 saturated heterocycles. The number of hydrogen-bond acceptors (Lipinski definition) is 2. The molecule has 0 amide bonds. The first-order chi connectivity index (χ1) is 8.29. The fourth-order valence-electron chi connectivity index (χ4n) is 2.72. The van der Waals surface area contributed by atoms with Gasteiger partial charge in [-0.05, 0) is 32.3 Å². The van der Waals surface area contributed by atoms with Gasteiger partial charge in [-0.15, -0.1) is 13.2 Å². The summed E-state index contributed by atoms with van der Waals surface area (Å²) in [7, 11) is 0. The summed E-state index contributed by atoms with van der Waals surface area (Å²) >= 11 is 0. The first kappa shape index (κ1) is 14.6. The average Bonchev–Trinajstić information content (AvgIpc) is 2.24. The van der Waals surface area contributed by atoms with Crippen LogP contribution >= 0.6 is 0 Å². The van der Waals surface area contributed by atoms with Crippen LogP contribution in [0.1, 0.15) is 40.0 Å². The summed E-state index contributed by atoms with van der Waals surface area (Å²) in [5.74, 6) is 0.221. The molecule has 2 atom stereocenters. The minimum absolute atomic E-state index is 0.0436. The van der Waals surface area contributed by atoms with E-state index in [4.69, 9.17) is 0 Å². The predicted molar refractivity (Wildman–Crippen MR) is 74.2 cm³/mol. The summed E-state index contributed by atoms with van der Waals surface area (Å²) in [6, 6.07) is 0. The van der Waals surface area contributed by atoms with Gasteiger partial charge < -0.3 is 0 Å². The highest BCUT2D eigenvalue weighted by atomic mass is 16.1. The SMILES string of the molecule is C=CC[C@]1(C)CC(=O)[C@](C)(CC=C)C=C1C(C)=O. The van der Waals surface area contributed by atoms with Crippen LogP contribution in [-0.4, -0.2) is 11.6 Å². The van der Waals surface area contributed by atoms with Gasteiger partial charge in [-0.2, -0.15) is 0 Å². The number of carbonyl (C=O) groups excluding carboxylic acids is 2. The molecular weight excluding hydrogens is 224 g/mol. The molecule has 1 aliphatic rings. The van der Waals surface area contributed by atoms with Crippen LogP contribution in [0.2, 0.25) is 0 Å². The number of allylic oxidation sites excluding steroid dienone is 4. The lowest BCUT2D eigenvalue weighted by Crippen LogP contribution is -2.39. The minimum Gasteiger partial charge on any atom is -0.299 e. The van der Waals surface area contributed by atoms with E-state index >= 15 is 0 Å². The lowest BCUT2D eigenvalue weighted by molar-refractivity contribution is -0.128. The molecule has 2 heteroatoms. The van der Waals surface area contributed by atoms with Gasteiger partial charge in [0.25, 0.3) is 0 Å². The summed E-state index contributed by atoms with van der Waals surface area (Å²) in [6.07, 6.45) is 6.99. The highest BCUT2D eigenvalue weighted by Gasteiger charge is 2.44. The van der Waals surface area contributed by atoms with E-state index in [0.29, 0.717) is 19.3 Å². The number of carbonyl (C=O) groups is 2. The van der Waals surface area contributed by atoms with Gasteiger partial charge in [0.15, 0.2) is 5.78 Å². The maximum absolute atomic E-state index is 12.3. The van der Waals surface area contributed by atoms with Crippen molar-refractivity contribution in [2.45, 2.75) is 40.0 Å². The molecule has 0 heterocycles. The maximum Gasteiger partial charge on any atom is 0.156 e. The second kappa shape index (κ2) is 5.05. The molecule has 0 radical (unpaired) electrons. The van der Waals surface area contributed by atoms with Crippen molar-refractivity contribution < 1.29 is 9.59 Å². The normalized spacial score (nSPS) is 31.7. The van der Waals surface area contributed by atoms with E-state index in [0.717, 1.165) is 5.57 Å². The van der Waals surface area contributed by atoms with Gasteiger partial charge >= 0.3 is 0 Å². The van der Waals surface area contributed by atoms with E-state index in [1.54, 1.807) is 19.1 Å². The number of rotatable bonds is 5. The van der Waals surface area contributed by atoms with Gasteiger partial charge in [-0.3, -0.25) is 9.59 Å². The molecule has 0 aromatic heterocycles. The highest BCUT2D eigenvalue weighted by molar-refractivity contribution is 6.00. The van der Waals surface area contributed by atoms with E-state index < -0.39 is 10.8 Å². The highest BCUT2D eigenvalue weighted by Crippen LogP contribution is 2.46. The monoisotopic (exact) mass is 246 g/mol. The van der Waals surface area contributed by atoms with Crippen molar-refractivity contribution >= 4 is 11.6 Å². The summed E-state index contributed by atoms with van der Waals surface area (Å²) in [6.45, 7) is 12.8. The predicted octanol–water partition coefficient (Wildman–Crippen LogP) is 3.64. The van der Waals surface area contributed by atoms with Crippen LogP contribution in [0.3, 0.4) is 0 Å². The standard InChI is InChI=1S/C16H22O2/c1-6-8-15(4)11-14(18)16(5,9-7-2)10-13(15)12(3)17/h6-7,10H,1-2,8-9,11H2,3-5H3/t15-,16-/m1/s1. The van der Waals surface area contributed by atoms with Crippen molar-refractivity contribution in [3.8, 4) is 0 Å². The zero-order valence-corrected chi connectivity index (χ0v) is 11.6. The molecule has 0 bridgehead atoms. The van der Waals surface area contributed by atoms with Gasteiger partial charge in [0.1, 0.15) is 5.78 Å². The van der Waals surface area contributed by atoms with Gasteiger partial charge in [0.2, 0.25) is 0 Å². The molecule has 0 aromatic carbocycles. The Labute approximate surface area is 109 Å². The van der Waals surface area contributed by atoms with Crippen molar-refractivity contribution in [2.24, 2.45) is 10.8 Å². The van der Waals surface area contributed by atoms with Gasteiger partial charge in [0.05, 0.1) is 0 Å². The van der Waals surface area contributed by atoms with Gasteiger partial charge in [-0.25, -0.2) is 0 Å². The molecule has 1 aliphatic carbocycles. The van der Waals surface area contributed by atoms with Crippen LogP contribution < -0.4 is 0 Å². The lowest BCUT2D eigenvalue weighted by atomic mass is 9.62. The first-order valence-electron chi connectivity index (χ1n) is 6.28. The van der Waals surface area contributed by atoms with Crippen LogP contribution in [0.25, 0.3) is 0 Å². The Morgan fingerprint density at radius 3 is 2.33 bits per heavy atom. The zero-order chi connectivity index (χ0) is 14.0. The minimum atomic E-state index is -0.580. The topological polar surface area (TPSA) is 34.1 Å². The Balaban J connectivity index is 3.32. The molecular formula is C16H22O2. The third-order valence-corrected chi connectivity index (χ3v) is 3.84. The van der Waals surface area contributed by atoms with Crippen molar-refractivity contribution in [1.82, 2.24) is 0 Å². The molecule has 98 valence electrons. The fraction of sp³-hybridized carbons (Fsp3) is 0.500. The lowest BCUT2D eigenvalue weighted by Gasteiger charge is -2.40. The summed E-state index contributed by atoms with van der Waals surface area (Å²) < 4.78 is 0. The zero-order valence-electron chi connectivity index (χ0n) is 11.6. The molecule has 0 unspecified atom stereocenters. The van der Waals surface area contributed by atoms with E-state index in [9.17, 15) is 9.59 Å². The quantitative estimate of drug-likeness (QED) is 0.694. The fourth-order valence-corrected chi connectivity index (χ4v) is 2.72. The molecule has 0 fully saturated rings. The van der Waals surface area contributed by atoms with E-state index in [1.807, 2.05) is 19.9 Å². The third kappa shape index (κ3) is 2.53. The van der Waals surface area contributed by atoms with Gasteiger partial charge in [0, 0.05) is 17.3 Å². The number of ketones is 2. The van der Waals surface area contributed by atoms with Crippen LogP contribution in [0.4, 0.5) is 0 Å². The average molecular weight is 246 g/mol. The van der Waals surface area contributed by atoms with Crippen LogP contribution in [0.15, 0.2) is 37.0 Å². The number of hydrogen-bond donors (Lipinski definition) is 0.